The number of rotatable bonds is 8. The van der Waals surface area contributed by atoms with Gasteiger partial charge in [0, 0.05) is 42.0 Å². The van der Waals surface area contributed by atoms with Gasteiger partial charge in [-0.1, -0.05) is 19.9 Å². The molecule has 0 aliphatic carbocycles. The van der Waals surface area contributed by atoms with Gasteiger partial charge >= 0.3 is 0 Å². The molecule has 0 bridgehead atoms. The zero-order valence-electron chi connectivity index (χ0n) is 16.9. The van der Waals surface area contributed by atoms with E-state index in [4.69, 9.17) is 12.2 Å². The zero-order chi connectivity index (χ0) is 22.1. The number of nitrogens with one attached hydrogen (secondary N) is 2. The Hall–Kier alpha value is -3.33. The smallest absolute Gasteiger partial charge is 0.269 e. The Bertz CT molecular complexity index is 925. The van der Waals surface area contributed by atoms with Crippen LogP contribution in [0, 0.1) is 10.1 Å². The van der Waals surface area contributed by atoms with Crippen LogP contribution >= 0.6 is 12.2 Å². The summed E-state index contributed by atoms with van der Waals surface area (Å²) in [5.41, 5.74) is 1.24. The first-order valence-corrected chi connectivity index (χ1v) is 10.0. The third kappa shape index (κ3) is 6.35. The molecule has 0 spiro atoms. The Morgan fingerprint density at radius 3 is 2.23 bits per heavy atom. The summed E-state index contributed by atoms with van der Waals surface area (Å²) in [4.78, 5) is 37.0. The summed E-state index contributed by atoms with van der Waals surface area (Å²) >= 11 is 5.18. The van der Waals surface area contributed by atoms with E-state index in [0.717, 1.165) is 12.8 Å². The summed E-state index contributed by atoms with van der Waals surface area (Å²) in [6.45, 7) is 5.43. The van der Waals surface area contributed by atoms with Gasteiger partial charge in [-0.25, -0.2) is 0 Å². The molecule has 2 aromatic carbocycles. The highest BCUT2D eigenvalue weighted by atomic mass is 32.1. The standard InChI is InChI=1S/C21H24N4O4S/c1-3-12-24(13-4-2)20(27)16-6-5-7-17(14-16)22-21(30)23-19(26)15-8-10-18(11-9-15)25(28)29/h5-11,14H,3-4,12-13H2,1-2H3,(H2,22,23,26,30). The Balaban J connectivity index is 2.03. The van der Waals surface area contributed by atoms with E-state index in [1.54, 1.807) is 24.3 Å². The predicted octanol–water partition coefficient (Wildman–Crippen LogP) is 3.98. The Labute approximate surface area is 180 Å². The van der Waals surface area contributed by atoms with E-state index >= 15 is 0 Å². The van der Waals surface area contributed by atoms with E-state index in [0.29, 0.717) is 24.3 Å². The van der Waals surface area contributed by atoms with Gasteiger partial charge in [0.1, 0.15) is 0 Å². The maximum Gasteiger partial charge on any atom is 0.269 e. The van der Waals surface area contributed by atoms with Gasteiger partial charge in [-0.3, -0.25) is 25.0 Å². The van der Waals surface area contributed by atoms with Gasteiger partial charge in [-0.2, -0.15) is 0 Å². The molecule has 0 heterocycles. The topological polar surface area (TPSA) is 105 Å². The molecule has 30 heavy (non-hydrogen) atoms. The van der Waals surface area contributed by atoms with Crippen LogP contribution in [0.5, 0.6) is 0 Å². The van der Waals surface area contributed by atoms with Crippen LogP contribution in [0.25, 0.3) is 0 Å². The lowest BCUT2D eigenvalue weighted by atomic mass is 10.1. The molecule has 2 N–H and O–H groups in total. The molecule has 0 unspecified atom stereocenters. The van der Waals surface area contributed by atoms with Crippen LogP contribution in [-0.4, -0.2) is 39.8 Å². The molecule has 158 valence electrons. The largest absolute Gasteiger partial charge is 0.339 e. The molecule has 0 saturated heterocycles. The number of nitrogens with zero attached hydrogens (tertiary/aromatic N) is 2. The summed E-state index contributed by atoms with van der Waals surface area (Å²) in [7, 11) is 0. The molecule has 2 rings (SSSR count). The number of carbonyl (C=O) groups is 2. The minimum atomic E-state index is -0.537. The fraction of sp³-hybridized carbons (Fsp3) is 0.286. The Morgan fingerprint density at radius 1 is 1.03 bits per heavy atom. The first kappa shape index (κ1) is 23.0. The third-order valence-corrected chi connectivity index (χ3v) is 4.41. The first-order chi connectivity index (χ1) is 14.3. The van der Waals surface area contributed by atoms with Crippen molar-refractivity contribution in [3.63, 3.8) is 0 Å². The van der Waals surface area contributed by atoms with Crippen LogP contribution in [0.4, 0.5) is 11.4 Å². The van der Waals surface area contributed by atoms with Gasteiger partial charge in [-0.05, 0) is 55.4 Å². The monoisotopic (exact) mass is 428 g/mol. The van der Waals surface area contributed by atoms with E-state index in [1.165, 1.54) is 24.3 Å². The second kappa shape index (κ2) is 11.0. The SMILES string of the molecule is CCCN(CCC)C(=O)c1cccc(NC(=S)NC(=O)c2ccc([N+](=O)[O-])cc2)c1. The number of hydrogen-bond donors (Lipinski definition) is 2. The molecular weight excluding hydrogens is 404 g/mol. The van der Waals surface area contributed by atoms with Gasteiger partial charge in [0.2, 0.25) is 0 Å². The summed E-state index contributed by atoms with van der Waals surface area (Å²) in [5.74, 6) is -0.546. The molecule has 0 aliphatic rings. The Kier molecular flexibility index (Phi) is 8.42. The number of carbonyl (C=O) groups excluding carboxylic acids is 2. The van der Waals surface area contributed by atoms with Crippen molar-refractivity contribution >= 4 is 40.5 Å². The van der Waals surface area contributed by atoms with Crippen molar-refractivity contribution in [2.75, 3.05) is 18.4 Å². The van der Waals surface area contributed by atoms with Gasteiger partial charge < -0.3 is 10.2 Å². The van der Waals surface area contributed by atoms with Crippen LogP contribution in [0.3, 0.4) is 0 Å². The first-order valence-electron chi connectivity index (χ1n) is 9.61. The van der Waals surface area contributed by atoms with Crippen molar-refractivity contribution in [2.45, 2.75) is 26.7 Å². The van der Waals surface area contributed by atoms with E-state index in [-0.39, 0.29) is 22.3 Å². The van der Waals surface area contributed by atoms with E-state index < -0.39 is 10.8 Å². The van der Waals surface area contributed by atoms with Crippen molar-refractivity contribution in [3.8, 4) is 0 Å². The minimum absolute atomic E-state index is 0.0526. The highest BCUT2D eigenvalue weighted by Crippen LogP contribution is 2.14. The Morgan fingerprint density at radius 2 is 1.67 bits per heavy atom. The van der Waals surface area contributed by atoms with Crippen molar-refractivity contribution in [2.24, 2.45) is 0 Å². The lowest BCUT2D eigenvalue weighted by Crippen LogP contribution is -2.34. The summed E-state index contributed by atoms with van der Waals surface area (Å²) in [5, 5.41) is 16.2. The fourth-order valence-corrected chi connectivity index (χ4v) is 3.05. The third-order valence-electron chi connectivity index (χ3n) is 4.21. The number of non-ortho nitro benzene ring substituents is 1. The second-order valence-electron chi connectivity index (χ2n) is 6.59. The quantitative estimate of drug-likeness (QED) is 0.374. The number of nitro groups is 1. The van der Waals surface area contributed by atoms with Crippen molar-refractivity contribution in [1.82, 2.24) is 10.2 Å². The normalized spacial score (nSPS) is 10.2. The van der Waals surface area contributed by atoms with Gasteiger partial charge in [-0.15, -0.1) is 0 Å². The summed E-state index contributed by atoms with van der Waals surface area (Å²) in [6, 6.07) is 12.1. The molecule has 0 saturated carbocycles. The molecule has 0 fully saturated rings. The van der Waals surface area contributed by atoms with E-state index in [1.807, 2.05) is 18.7 Å². The van der Waals surface area contributed by atoms with Gasteiger partial charge in [0.05, 0.1) is 4.92 Å². The molecule has 2 aromatic rings. The molecular formula is C21H24N4O4S. The number of hydrogen-bond acceptors (Lipinski definition) is 5. The summed E-state index contributed by atoms with van der Waals surface area (Å²) in [6.07, 6.45) is 1.75. The highest BCUT2D eigenvalue weighted by molar-refractivity contribution is 7.80. The van der Waals surface area contributed by atoms with Crippen molar-refractivity contribution in [3.05, 3.63) is 69.8 Å². The highest BCUT2D eigenvalue weighted by Gasteiger charge is 2.15. The zero-order valence-corrected chi connectivity index (χ0v) is 17.7. The molecule has 0 atom stereocenters. The van der Waals surface area contributed by atoms with Crippen LogP contribution < -0.4 is 10.6 Å². The average molecular weight is 429 g/mol. The van der Waals surface area contributed by atoms with Crippen LogP contribution in [0.2, 0.25) is 0 Å². The van der Waals surface area contributed by atoms with E-state index in [9.17, 15) is 19.7 Å². The lowest BCUT2D eigenvalue weighted by Gasteiger charge is -2.21. The number of benzene rings is 2. The molecule has 9 heteroatoms. The molecule has 0 radical (unpaired) electrons. The lowest BCUT2D eigenvalue weighted by molar-refractivity contribution is -0.384. The van der Waals surface area contributed by atoms with Crippen LogP contribution in [0.15, 0.2) is 48.5 Å². The van der Waals surface area contributed by atoms with Gasteiger partial charge in [0.25, 0.3) is 17.5 Å². The predicted molar refractivity (Wildman–Crippen MR) is 120 cm³/mol. The minimum Gasteiger partial charge on any atom is -0.339 e. The van der Waals surface area contributed by atoms with Crippen molar-refractivity contribution < 1.29 is 14.5 Å². The molecule has 8 nitrogen and oxygen atoms in total. The molecule has 0 aliphatic heterocycles. The number of thiocarbonyl (C=S) groups is 1. The maximum atomic E-state index is 12.7. The summed E-state index contributed by atoms with van der Waals surface area (Å²) < 4.78 is 0. The van der Waals surface area contributed by atoms with Crippen LogP contribution in [0.1, 0.15) is 47.4 Å². The molecule has 0 aromatic heterocycles. The molecule has 2 amide bonds. The number of anilines is 1. The number of nitro benzene ring substituents is 1. The van der Waals surface area contributed by atoms with E-state index in [2.05, 4.69) is 10.6 Å². The van der Waals surface area contributed by atoms with Crippen molar-refractivity contribution in [1.29, 1.82) is 0 Å². The average Bonchev–Trinajstić information content (AvgIpc) is 2.73. The van der Waals surface area contributed by atoms with Gasteiger partial charge in [0.15, 0.2) is 5.11 Å². The second-order valence-corrected chi connectivity index (χ2v) is 6.99. The maximum absolute atomic E-state index is 12.7. The van der Waals surface area contributed by atoms with Crippen LogP contribution in [-0.2, 0) is 0 Å². The number of amides is 2. The fourth-order valence-electron chi connectivity index (χ4n) is 2.84.